The van der Waals surface area contributed by atoms with Gasteiger partial charge in [-0.25, -0.2) is 9.97 Å². The maximum atomic E-state index is 12.8. The van der Waals surface area contributed by atoms with E-state index in [0.717, 1.165) is 44.9 Å². The summed E-state index contributed by atoms with van der Waals surface area (Å²) >= 11 is 0. The zero-order valence-corrected chi connectivity index (χ0v) is 13.9. The number of carbonyl (C=O) groups excluding carboxylic acids is 1. The highest BCUT2D eigenvalue weighted by molar-refractivity contribution is 5.93. The molecular formula is C17H26N4O2. The van der Waals surface area contributed by atoms with E-state index in [4.69, 9.17) is 4.74 Å². The SMILES string of the molecule is CCC1CN(C(=O)c2cc(N3CCCCC3)ncn2)CCCO1. The molecular weight excluding hydrogens is 292 g/mol. The molecule has 0 N–H and O–H groups in total. The second-order valence-electron chi connectivity index (χ2n) is 6.31. The zero-order chi connectivity index (χ0) is 16.1. The fraction of sp³-hybridized carbons (Fsp3) is 0.706. The van der Waals surface area contributed by atoms with Gasteiger partial charge in [0.1, 0.15) is 17.8 Å². The van der Waals surface area contributed by atoms with E-state index in [1.807, 2.05) is 11.0 Å². The second kappa shape index (κ2) is 7.73. The second-order valence-corrected chi connectivity index (χ2v) is 6.31. The highest BCUT2D eigenvalue weighted by Gasteiger charge is 2.24. The number of anilines is 1. The van der Waals surface area contributed by atoms with Crippen molar-refractivity contribution in [3.8, 4) is 0 Å². The first-order chi connectivity index (χ1) is 11.3. The summed E-state index contributed by atoms with van der Waals surface area (Å²) in [5.41, 5.74) is 0.498. The Kier molecular flexibility index (Phi) is 5.43. The van der Waals surface area contributed by atoms with Crippen LogP contribution in [0.15, 0.2) is 12.4 Å². The van der Waals surface area contributed by atoms with Crippen molar-refractivity contribution in [2.75, 3.05) is 37.7 Å². The van der Waals surface area contributed by atoms with Gasteiger partial charge in [0.25, 0.3) is 5.91 Å². The first-order valence-corrected chi connectivity index (χ1v) is 8.76. The molecule has 126 valence electrons. The van der Waals surface area contributed by atoms with Crippen LogP contribution in [-0.4, -0.2) is 59.7 Å². The number of piperidine rings is 1. The number of nitrogens with zero attached hydrogens (tertiary/aromatic N) is 4. The van der Waals surface area contributed by atoms with Crippen molar-refractivity contribution >= 4 is 11.7 Å². The summed E-state index contributed by atoms with van der Waals surface area (Å²) in [6.07, 6.45) is 7.11. The van der Waals surface area contributed by atoms with Gasteiger partial charge < -0.3 is 14.5 Å². The fourth-order valence-corrected chi connectivity index (χ4v) is 3.25. The molecule has 1 atom stereocenters. The molecule has 6 heteroatoms. The van der Waals surface area contributed by atoms with Crippen LogP contribution in [0.1, 0.15) is 49.5 Å². The molecule has 0 aromatic carbocycles. The lowest BCUT2D eigenvalue weighted by molar-refractivity contribution is 0.0457. The number of hydrogen-bond donors (Lipinski definition) is 0. The van der Waals surface area contributed by atoms with Crippen LogP contribution in [0.3, 0.4) is 0 Å². The van der Waals surface area contributed by atoms with Crippen molar-refractivity contribution in [2.45, 2.75) is 45.1 Å². The monoisotopic (exact) mass is 318 g/mol. The van der Waals surface area contributed by atoms with Crippen molar-refractivity contribution in [3.05, 3.63) is 18.1 Å². The summed E-state index contributed by atoms with van der Waals surface area (Å²) in [7, 11) is 0. The lowest BCUT2D eigenvalue weighted by Crippen LogP contribution is -2.37. The Morgan fingerprint density at radius 3 is 2.83 bits per heavy atom. The summed E-state index contributed by atoms with van der Waals surface area (Å²) < 4.78 is 5.75. The number of amides is 1. The molecule has 0 saturated carbocycles. The first-order valence-electron chi connectivity index (χ1n) is 8.76. The summed E-state index contributed by atoms with van der Waals surface area (Å²) in [6, 6.07) is 1.85. The van der Waals surface area contributed by atoms with Crippen LogP contribution >= 0.6 is 0 Å². The van der Waals surface area contributed by atoms with E-state index < -0.39 is 0 Å². The van der Waals surface area contributed by atoms with Gasteiger partial charge in [-0.2, -0.15) is 0 Å². The molecule has 1 aromatic heterocycles. The fourth-order valence-electron chi connectivity index (χ4n) is 3.25. The van der Waals surface area contributed by atoms with Crippen LogP contribution in [0.5, 0.6) is 0 Å². The third-order valence-corrected chi connectivity index (χ3v) is 4.64. The molecule has 0 aliphatic carbocycles. The molecule has 1 amide bonds. The quantitative estimate of drug-likeness (QED) is 0.854. The summed E-state index contributed by atoms with van der Waals surface area (Å²) in [4.78, 5) is 25.5. The van der Waals surface area contributed by atoms with Gasteiger partial charge in [0, 0.05) is 38.9 Å². The molecule has 0 spiro atoms. The third-order valence-electron chi connectivity index (χ3n) is 4.64. The van der Waals surface area contributed by atoms with Crippen molar-refractivity contribution in [2.24, 2.45) is 0 Å². The maximum Gasteiger partial charge on any atom is 0.272 e. The lowest BCUT2D eigenvalue weighted by Gasteiger charge is -2.28. The lowest BCUT2D eigenvalue weighted by atomic mass is 10.1. The Morgan fingerprint density at radius 2 is 2.04 bits per heavy atom. The average Bonchev–Trinajstić information content (AvgIpc) is 2.87. The number of rotatable bonds is 3. The predicted octanol–water partition coefficient (Wildman–Crippen LogP) is 2.11. The van der Waals surface area contributed by atoms with Crippen LogP contribution in [0, 0.1) is 0 Å². The maximum absolute atomic E-state index is 12.8. The standard InChI is InChI=1S/C17H26N4O2/c1-2-14-12-21(9-6-10-23-14)17(22)15-11-16(19-13-18-15)20-7-4-3-5-8-20/h11,13-14H,2-10,12H2,1H3. The van der Waals surface area contributed by atoms with Gasteiger partial charge in [-0.1, -0.05) is 6.92 Å². The van der Waals surface area contributed by atoms with E-state index in [9.17, 15) is 4.79 Å². The zero-order valence-electron chi connectivity index (χ0n) is 13.9. The van der Waals surface area contributed by atoms with Crippen LogP contribution in [0.25, 0.3) is 0 Å². The molecule has 0 radical (unpaired) electrons. The summed E-state index contributed by atoms with van der Waals surface area (Å²) in [6.45, 7) is 6.24. The van der Waals surface area contributed by atoms with Gasteiger partial charge in [0.05, 0.1) is 6.10 Å². The molecule has 2 aliphatic heterocycles. The third kappa shape index (κ3) is 3.99. The number of carbonyl (C=O) groups is 1. The van der Waals surface area contributed by atoms with E-state index in [-0.39, 0.29) is 12.0 Å². The van der Waals surface area contributed by atoms with Gasteiger partial charge in [-0.05, 0) is 32.1 Å². The van der Waals surface area contributed by atoms with Gasteiger partial charge in [-0.3, -0.25) is 4.79 Å². The Bertz CT molecular complexity index is 531. The van der Waals surface area contributed by atoms with Crippen molar-refractivity contribution in [1.82, 2.24) is 14.9 Å². The Hall–Kier alpha value is -1.69. The van der Waals surface area contributed by atoms with Gasteiger partial charge in [0.15, 0.2) is 0 Å². The van der Waals surface area contributed by atoms with Crippen LogP contribution in [0.2, 0.25) is 0 Å². The molecule has 3 heterocycles. The minimum Gasteiger partial charge on any atom is -0.376 e. The van der Waals surface area contributed by atoms with Crippen LogP contribution in [-0.2, 0) is 4.74 Å². The smallest absolute Gasteiger partial charge is 0.272 e. The Balaban J connectivity index is 1.73. The molecule has 23 heavy (non-hydrogen) atoms. The van der Waals surface area contributed by atoms with Crippen molar-refractivity contribution in [1.29, 1.82) is 0 Å². The largest absolute Gasteiger partial charge is 0.376 e. The highest BCUT2D eigenvalue weighted by Crippen LogP contribution is 2.19. The molecule has 2 saturated heterocycles. The van der Waals surface area contributed by atoms with Gasteiger partial charge >= 0.3 is 0 Å². The average molecular weight is 318 g/mol. The topological polar surface area (TPSA) is 58.6 Å². The number of aromatic nitrogens is 2. The molecule has 2 fully saturated rings. The number of hydrogen-bond acceptors (Lipinski definition) is 5. The van der Waals surface area contributed by atoms with E-state index >= 15 is 0 Å². The molecule has 2 aliphatic rings. The van der Waals surface area contributed by atoms with Gasteiger partial charge in [-0.15, -0.1) is 0 Å². The normalized spacial score (nSPS) is 22.7. The molecule has 1 unspecified atom stereocenters. The minimum absolute atomic E-state index is 0.00499. The van der Waals surface area contributed by atoms with Crippen LogP contribution in [0.4, 0.5) is 5.82 Å². The Morgan fingerprint density at radius 1 is 1.22 bits per heavy atom. The summed E-state index contributed by atoms with van der Waals surface area (Å²) in [5.74, 6) is 0.871. The first kappa shape index (κ1) is 16.2. The molecule has 0 bridgehead atoms. The number of ether oxygens (including phenoxy) is 1. The van der Waals surface area contributed by atoms with E-state index in [2.05, 4.69) is 21.8 Å². The minimum atomic E-state index is -0.00499. The van der Waals surface area contributed by atoms with E-state index in [0.29, 0.717) is 12.2 Å². The van der Waals surface area contributed by atoms with Crippen molar-refractivity contribution in [3.63, 3.8) is 0 Å². The predicted molar refractivity (Wildman–Crippen MR) is 88.6 cm³/mol. The van der Waals surface area contributed by atoms with E-state index in [1.54, 1.807) is 0 Å². The Labute approximate surface area is 137 Å². The molecule has 6 nitrogen and oxygen atoms in total. The molecule has 1 aromatic rings. The van der Waals surface area contributed by atoms with Gasteiger partial charge in [0.2, 0.25) is 0 Å². The van der Waals surface area contributed by atoms with E-state index in [1.165, 1.54) is 25.6 Å². The highest BCUT2D eigenvalue weighted by atomic mass is 16.5. The van der Waals surface area contributed by atoms with Crippen LogP contribution < -0.4 is 4.90 Å². The molecule has 3 rings (SSSR count). The van der Waals surface area contributed by atoms with Crippen molar-refractivity contribution < 1.29 is 9.53 Å². The summed E-state index contributed by atoms with van der Waals surface area (Å²) in [5, 5.41) is 0.